The Kier molecular flexibility index (Phi) is 8.16. The Bertz CT molecular complexity index is 639. The summed E-state index contributed by atoms with van der Waals surface area (Å²) in [4.78, 5) is 24.0. The maximum atomic E-state index is 12.1. The van der Waals surface area contributed by atoms with E-state index in [9.17, 15) is 9.59 Å². The first-order valence-electron chi connectivity index (χ1n) is 8.38. The van der Waals surface area contributed by atoms with Crippen LogP contribution in [0.5, 0.6) is 0 Å². The number of rotatable bonds is 8. The van der Waals surface area contributed by atoms with Gasteiger partial charge in [0.15, 0.2) is 6.10 Å². The van der Waals surface area contributed by atoms with Crippen molar-refractivity contribution in [1.29, 1.82) is 5.26 Å². The van der Waals surface area contributed by atoms with Crippen LogP contribution in [-0.2, 0) is 14.3 Å². The molecule has 0 saturated carbocycles. The summed E-state index contributed by atoms with van der Waals surface area (Å²) in [6, 6.07) is 8.73. The molecule has 5 nitrogen and oxygen atoms in total. The molecule has 0 bridgehead atoms. The third-order valence-electron chi connectivity index (χ3n) is 3.87. The highest BCUT2D eigenvalue weighted by Gasteiger charge is 2.19. The van der Waals surface area contributed by atoms with E-state index in [1.54, 1.807) is 24.3 Å². The van der Waals surface area contributed by atoms with Crippen LogP contribution in [0.2, 0.25) is 0 Å². The average Bonchev–Trinajstić information content (AvgIpc) is 3.12. The Morgan fingerprint density at radius 3 is 2.92 bits per heavy atom. The van der Waals surface area contributed by atoms with Crippen LogP contribution in [0.4, 0.5) is 5.69 Å². The van der Waals surface area contributed by atoms with Crippen LogP contribution >= 0.6 is 21.6 Å². The molecule has 1 fully saturated rings. The molecule has 1 heterocycles. The van der Waals surface area contributed by atoms with Gasteiger partial charge in [0.25, 0.3) is 5.91 Å². The van der Waals surface area contributed by atoms with Gasteiger partial charge in [-0.3, -0.25) is 9.59 Å². The molecule has 1 aromatic carbocycles. The molecule has 2 rings (SSSR count). The van der Waals surface area contributed by atoms with Crippen LogP contribution in [0.25, 0.3) is 0 Å². The van der Waals surface area contributed by atoms with Gasteiger partial charge in [-0.05, 0) is 38.3 Å². The number of para-hydroxylation sites is 1. The molecular formula is C18H22N2O3S2. The normalized spacial score (nSPS) is 17.5. The zero-order valence-corrected chi connectivity index (χ0v) is 15.8. The van der Waals surface area contributed by atoms with Crippen molar-refractivity contribution < 1.29 is 14.3 Å². The molecule has 7 heteroatoms. The molecule has 0 aromatic heterocycles. The molecule has 1 saturated heterocycles. The van der Waals surface area contributed by atoms with Gasteiger partial charge < -0.3 is 10.1 Å². The molecule has 1 aromatic rings. The minimum atomic E-state index is -0.888. The second-order valence-electron chi connectivity index (χ2n) is 5.85. The highest BCUT2D eigenvalue weighted by atomic mass is 33.1. The molecule has 0 unspecified atom stereocenters. The molecule has 1 amide bonds. The number of amides is 1. The summed E-state index contributed by atoms with van der Waals surface area (Å²) < 4.78 is 5.19. The second-order valence-corrected chi connectivity index (χ2v) is 8.64. The first-order chi connectivity index (χ1) is 12.1. The van der Waals surface area contributed by atoms with E-state index in [0.29, 0.717) is 22.9 Å². The van der Waals surface area contributed by atoms with Gasteiger partial charge in [0, 0.05) is 17.4 Å². The number of nitriles is 1. The van der Waals surface area contributed by atoms with Gasteiger partial charge >= 0.3 is 5.97 Å². The smallest absolute Gasteiger partial charge is 0.306 e. The number of ether oxygens (including phenoxy) is 1. The fraction of sp³-hybridized carbons (Fsp3) is 0.500. The standard InChI is InChI=1S/C18H22N2O3S2/c1-13(18(22)20-16-8-4-2-6-14(16)12-19)23-17(21)9-5-3-7-15-10-11-24-25-15/h2,4,6,8,13,15H,3,5,7,9-11H2,1H3,(H,20,22)/t13-,15-/m1/s1. The SMILES string of the molecule is C[C@@H](OC(=O)CCCC[C@@H]1CCSS1)C(=O)Nc1ccccc1C#N. The minimum Gasteiger partial charge on any atom is -0.453 e. The van der Waals surface area contributed by atoms with Crippen LogP contribution in [0.1, 0.15) is 44.6 Å². The first-order valence-corrected chi connectivity index (χ1v) is 10.8. The van der Waals surface area contributed by atoms with Crippen LogP contribution in [0, 0.1) is 11.3 Å². The summed E-state index contributed by atoms with van der Waals surface area (Å²) in [6.07, 6.45) is 3.61. The predicted octanol–water partition coefficient (Wildman–Crippen LogP) is 4.14. The number of unbranched alkanes of at least 4 members (excludes halogenated alkanes) is 1. The number of nitrogens with one attached hydrogen (secondary N) is 1. The number of benzene rings is 1. The number of hydrogen-bond acceptors (Lipinski definition) is 6. The van der Waals surface area contributed by atoms with E-state index in [4.69, 9.17) is 10.00 Å². The van der Waals surface area contributed by atoms with Crippen molar-refractivity contribution >= 4 is 39.2 Å². The summed E-state index contributed by atoms with van der Waals surface area (Å²) in [5.41, 5.74) is 0.794. The lowest BCUT2D eigenvalue weighted by Crippen LogP contribution is -2.30. The van der Waals surface area contributed by atoms with Gasteiger partial charge in [0.2, 0.25) is 0 Å². The van der Waals surface area contributed by atoms with E-state index in [1.165, 1.54) is 19.1 Å². The second kappa shape index (κ2) is 10.4. The van der Waals surface area contributed by atoms with Crippen LogP contribution in [-0.4, -0.2) is 29.0 Å². The van der Waals surface area contributed by atoms with Crippen LogP contribution < -0.4 is 5.32 Å². The molecule has 25 heavy (non-hydrogen) atoms. The van der Waals surface area contributed by atoms with Gasteiger partial charge in [-0.15, -0.1) is 0 Å². The molecular weight excluding hydrogens is 356 g/mol. The van der Waals surface area contributed by atoms with Crippen molar-refractivity contribution in [3.8, 4) is 6.07 Å². The van der Waals surface area contributed by atoms with E-state index in [0.717, 1.165) is 19.3 Å². The van der Waals surface area contributed by atoms with Crippen molar-refractivity contribution in [2.75, 3.05) is 11.1 Å². The van der Waals surface area contributed by atoms with Gasteiger partial charge in [-0.25, -0.2) is 0 Å². The van der Waals surface area contributed by atoms with E-state index in [-0.39, 0.29) is 5.97 Å². The van der Waals surface area contributed by atoms with E-state index < -0.39 is 12.0 Å². The molecule has 1 aliphatic heterocycles. The van der Waals surface area contributed by atoms with Crippen LogP contribution in [0.3, 0.4) is 0 Å². The Morgan fingerprint density at radius 2 is 2.20 bits per heavy atom. The molecule has 0 aliphatic carbocycles. The van der Waals surface area contributed by atoms with E-state index in [2.05, 4.69) is 5.32 Å². The lowest BCUT2D eigenvalue weighted by molar-refractivity contribution is -0.153. The summed E-state index contributed by atoms with van der Waals surface area (Å²) in [6.45, 7) is 1.54. The van der Waals surface area contributed by atoms with E-state index >= 15 is 0 Å². The van der Waals surface area contributed by atoms with Crippen molar-refractivity contribution in [3.63, 3.8) is 0 Å². The Labute approximate surface area is 156 Å². The van der Waals surface area contributed by atoms with Gasteiger partial charge in [-0.1, -0.05) is 40.1 Å². The number of hydrogen-bond donors (Lipinski definition) is 1. The molecule has 2 atom stereocenters. The number of carbonyl (C=O) groups excluding carboxylic acids is 2. The number of esters is 1. The number of anilines is 1. The van der Waals surface area contributed by atoms with Gasteiger partial charge in [0.05, 0.1) is 11.3 Å². The van der Waals surface area contributed by atoms with Crippen molar-refractivity contribution in [3.05, 3.63) is 29.8 Å². The lowest BCUT2D eigenvalue weighted by atomic mass is 10.1. The van der Waals surface area contributed by atoms with E-state index in [1.807, 2.05) is 27.7 Å². The molecule has 1 aliphatic rings. The monoisotopic (exact) mass is 378 g/mol. The Balaban J connectivity index is 1.69. The lowest BCUT2D eigenvalue weighted by Gasteiger charge is -2.14. The maximum absolute atomic E-state index is 12.1. The number of carbonyl (C=O) groups is 2. The molecule has 134 valence electrons. The van der Waals surface area contributed by atoms with Gasteiger partial charge in [-0.2, -0.15) is 5.26 Å². The average molecular weight is 379 g/mol. The Hall–Kier alpha value is -1.65. The predicted molar refractivity (Wildman–Crippen MR) is 102 cm³/mol. The third-order valence-corrected chi connectivity index (χ3v) is 6.87. The first kappa shape index (κ1) is 19.7. The molecule has 0 radical (unpaired) electrons. The molecule has 0 spiro atoms. The van der Waals surface area contributed by atoms with Crippen LogP contribution in [0.15, 0.2) is 24.3 Å². The summed E-state index contributed by atoms with van der Waals surface area (Å²) in [5, 5.41) is 12.4. The summed E-state index contributed by atoms with van der Waals surface area (Å²) in [5.74, 6) is 0.430. The Morgan fingerprint density at radius 1 is 1.40 bits per heavy atom. The summed E-state index contributed by atoms with van der Waals surface area (Å²) >= 11 is 0. The van der Waals surface area contributed by atoms with Crippen molar-refractivity contribution in [2.24, 2.45) is 0 Å². The maximum Gasteiger partial charge on any atom is 0.306 e. The fourth-order valence-corrected chi connectivity index (χ4v) is 5.47. The number of nitrogens with zero attached hydrogens (tertiary/aromatic N) is 1. The highest BCUT2D eigenvalue weighted by Crippen LogP contribution is 2.39. The van der Waals surface area contributed by atoms with Crippen molar-refractivity contribution in [1.82, 2.24) is 0 Å². The van der Waals surface area contributed by atoms with Crippen molar-refractivity contribution in [2.45, 2.75) is 50.4 Å². The third kappa shape index (κ3) is 6.63. The zero-order valence-electron chi connectivity index (χ0n) is 14.2. The topological polar surface area (TPSA) is 79.2 Å². The minimum absolute atomic E-state index is 0.330. The quantitative estimate of drug-likeness (QED) is 0.416. The largest absolute Gasteiger partial charge is 0.453 e. The molecule has 1 N–H and O–H groups in total. The zero-order chi connectivity index (χ0) is 18.1. The van der Waals surface area contributed by atoms with Gasteiger partial charge in [0.1, 0.15) is 6.07 Å². The highest BCUT2D eigenvalue weighted by molar-refractivity contribution is 8.77. The fourth-order valence-electron chi connectivity index (χ4n) is 2.44. The summed E-state index contributed by atoms with van der Waals surface area (Å²) in [7, 11) is 3.87.